The van der Waals surface area contributed by atoms with Crippen molar-refractivity contribution < 1.29 is 9.53 Å². The molecule has 3 aromatic rings. The van der Waals surface area contributed by atoms with Crippen LogP contribution in [0.4, 0.5) is 5.69 Å². The summed E-state index contributed by atoms with van der Waals surface area (Å²) >= 11 is 1.52. The third-order valence-corrected chi connectivity index (χ3v) is 5.02. The van der Waals surface area contributed by atoms with Gasteiger partial charge in [-0.15, -0.1) is 0 Å². The van der Waals surface area contributed by atoms with Crippen molar-refractivity contribution in [2.24, 2.45) is 5.10 Å². The normalized spacial score (nSPS) is 11.2. The number of carbonyl (C=O) groups excluding carboxylic acids is 1. The molecule has 8 heteroatoms. The molecule has 0 aliphatic heterocycles. The van der Waals surface area contributed by atoms with E-state index in [0.717, 1.165) is 16.9 Å². The summed E-state index contributed by atoms with van der Waals surface area (Å²) < 4.78 is 5.46. The number of carbonyl (C=O) groups is 1. The van der Waals surface area contributed by atoms with Gasteiger partial charge >= 0.3 is 0 Å². The molecule has 1 aromatic heterocycles. The minimum atomic E-state index is -0.296. The van der Waals surface area contributed by atoms with Crippen molar-refractivity contribution in [1.29, 1.82) is 0 Å². The molecule has 148 valence electrons. The van der Waals surface area contributed by atoms with Gasteiger partial charge in [0.25, 0.3) is 5.91 Å². The largest absolute Gasteiger partial charge is 0.496 e. The lowest BCUT2D eigenvalue weighted by atomic mass is 10.1. The van der Waals surface area contributed by atoms with Gasteiger partial charge in [0.2, 0.25) is 0 Å². The van der Waals surface area contributed by atoms with Crippen LogP contribution in [0, 0.1) is 0 Å². The van der Waals surface area contributed by atoms with Gasteiger partial charge in [-0.1, -0.05) is 11.8 Å². The molecule has 1 heterocycles. The number of methoxy groups -OCH3 is 1. The molecule has 0 saturated carbocycles. The predicted octanol–water partition coefficient (Wildman–Crippen LogP) is 3.51. The number of aromatic nitrogens is 2. The van der Waals surface area contributed by atoms with Crippen molar-refractivity contribution in [3.8, 4) is 5.75 Å². The Labute approximate surface area is 173 Å². The number of anilines is 1. The summed E-state index contributed by atoms with van der Waals surface area (Å²) in [4.78, 5) is 20.7. The quantitative estimate of drug-likeness (QED) is 0.204. The number of benzene rings is 2. The van der Waals surface area contributed by atoms with Gasteiger partial charge in [0.1, 0.15) is 5.75 Å². The van der Waals surface area contributed by atoms with Crippen molar-refractivity contribution in [2.75, 3.05) is 12.8 Å². The summed E-state index contributed by atoms with van der Waals surface area (Å²) in [6, 6.07) is 14.2. The van der Waals surface area contributed by atoms with E-state index in [1.165, 1.54) is 11.8 Å². The van der Waals surface area contributed by atoms with Crippen LogP contribution in [0.5, 0.6) is 5.75 Å². The average Bonchev–Trinajstić information content (AvgIpc) is 2.76. The fourth-order valence-electron chi connectivity index (χ4n) is 2.52. The predicted molar refractivity (Wildman–Crippen MR) is 115 cm³/mol. The van der Waals surface area contributed by atoms with Crippen LogP contribution < -0.4 is 15.9 Å². The van der Waals surface area contributed by atoms with Crippen molar-refractivity contribution >= 4 is 29.1 Å². The zero-order valence-electron chi connectivity index (χ0n) is 16.1. The lowest BCUT2D eigenvalue weighted by Gasteiger charge is -2.10. The summed E-state index contributed by atoms with van der Waals surface area (Å²) in [5, 5.41) is 4.92. The second-order valence-electron chi connectivity index (χ2n) is 6.11. The first-order chi connectivity index (χ1) is 14.1. The Kier molecular flexibility index (Phi) is 6.80. The highest BCUT2D eigenvalue weighted by Crippen LogP contribution is 2.27. The van der Waals surface area contributed by atoms with Crippen LogP contribution in [0.15, 0.2) is 71.2 Å². The van der Waals surface area contributed by atoms with E-state index in [9.17, 15) is 4.79 Å². The van der Waals surface area contributed by atoms with E-state index in [1.54, 1.807) is 49.8 Å². The number of thioether (sulfide) groups is 1. The molecular formula is C21H21N5O2S. The van der Waals surface area contributed by atoms with Crippen LogP contribution in [-0.4, -0.2) is 28.7 Å². The Bertz CT molecular complexity index is 1010. The van der Waals surface area contributed by atoms with Gasteiger partial charge in [0, 0.05) is 35.0 Å². The maximum Gasteiger partial charge on any atom is 0.271 e. The van der Waals surface area contributed by atoms with Crippen LogP contribution >= 0.6 is 11.8 Å². The van der Waals surface area contributed by atoms with Gasteiger partial charge in [-0.2, -0.15) is 5.10 Å². The molecule has 1 amide bonds. The molecule has 0 unspecified atom stereocenters. The van der Waals surface area contributed by atoms with Gasteiger partial charge in [-0.05, 0) is 61.0 Å². The molecule has 0 aliphatic carbocycles. The third kappa shape index (κ3) is 5.55. The number of nitrogen functional groups attached to an aromatic ring is 1. The summed E-state index contributed by atoms with van der Waals surface area (Å²) in [5.74, 6) is 1.12. The summed E-state index contributed by atoms with van der Waals surface area (Å²) in [6.45, 7) is 1.84. The maximum atomic E-state index is 12.2. The maximum absolute atomic E-state index is 12.2. The Hall–Kier alpha value is -3.39. The topological polar surface area (TPSA) is 102 Å². The molecule has 0 bridgehead atoms. The van der Waals surface area contributed by atoms with Gasteiger partial charge in [-0.25, -0.2) is 15.4 Å². The highest BCUT2D eigenvalue weighted by Gasteiger charge is 2.09. The molecule has 3 rings (SSSR count). The lowest BCUT2D eigenvalue weighted by molar-refractivity contribution is 0.0955. The molecule has 0 fully saturated rings. The Balaban J connectivity index is 1.72. The van der Waals surface area contributed by atoms with Crippen molar-refractivity contribution in [2.45, 2.75) is 17.8 Å². The second kappa shape index (κ2) is 9.70. The number of nitrogens with one attached hydrogen (secondary N) is 1. The molecular weight excluding hydrogens is 386 g/mol. The molecule has 0 radical (unpaired) electrons. The number of amides is 1. The van der Waals surface area contributed by atoms with Gasteiger partial charge < -0.3 is 10.5 Å². The molecule has 3 N–H and O–H groups in total. The lowest BCUT2D eigenvalue weighted by Crippen LogP contribution is -2.19. The molecule has 29 heavy (non-hydrogen) atoms. The molecule has 0 atom stereocenters. The van der Waals surface area contributed by atoms with Crippen LogP contribution in [0.3, 0.4) is 0 Å². The Morgan fingerprint density at radius 1 is 1.14 bits per heavy atom. The van der Waals surface area contributed by atoms with Crippen molar-refractivity contribution in [1.82, 2.24) is 15.4 Å². The Morgan fingerprint density at radius 2 is 1.83 bits per heavy atom. The summed E-state index contributed by atoms with van der Waals surface area (Å²) in [5.41, 5.74) is 11.9. The number of hydrazone groups is 1. The zero-order valence-corrected chi connectivity index (χ0v) is 16.9. The summed E-state index contributed by atoms with van der Waals surface area (Å²) in [7, 11) is 1.63. The fourth-order valence-corrected chi connectivity index (χ4v) is 3.30. The van der Waals surface area contributed by atoms with E-state index in [1.807, 2.05) is 25.1 Å². The number of hydrogen-bond donors (Lipinski definition) is 2. The van der Waals surface area contributed by atoms with Gasteiger partial charge in [0.05, 0.1) is 12.8 Å². The van der Waals surface area contributed by atoms with Crippen molar-refractivity contribution in [3.05, 3.63) is 77.6 Å². The van der Waals surface area contributed by atoms with E-state index in [4.69, 9.17) is 10.5 Å². The monoisotopic (exact) mass is 407 g/mol. The fraction of sp³-hybridized carbons (Fsp3) is 0.143. The van der Waals surface area contributed by atoms with E-state index in [2.05, 4.69) is 20.5 Å². The SMILES string of the molecule is COc1ccc(/C(C)=N\NC(=O)c2ccc(N)cc2)cc1CSc1ncccn1. The number of ether oxygens (including phenoxy) is 1. The molecule has 7 nitrogen and oxygen atoms in total. The molecule has 0 aliphatic rings. The van der Waals surface area contributed by atoms with E-state index in [-0.39, 0.29) is 5.91 Å². The zero-order chi connectivity index (χ0) is 20.6. The smallest absolute Gasteiger partial charge is 0.271 e. The van der Waals surface area contributed by atoms with Crippen molar-refractivity contribution in [3.63, 3.8) is 0 Å². The molecule has 2 aromatic carbocycles. The standard InChI is InChI=1S/C21H21N5O2S/c1-14(25-26-20(27)15-4-7-18(22)8-5-15)16-6-9-19(28-2)17(12-16)13-29-21-23-10-3-11-24-21/h3-12H,13,22H2,1-2H3,(H,26,27)/b25-14-. The first-order valence-electron chi connectivity index (χ1n) is 8.84. The molecule has 0 spiro atoms. The third-order valence-electron chi connectivity index (χ3n) is 4.10. The van der Waals surface area contributed by atoms with Crippen LogP contribution in [0.2, 0.25) is 0 Å². The van der Waals surface area contributed by atoms with Crippen LogP contribution in [0.1, 0.15) is 28.4 Å². The number of hydrogen-bond acceptors (Lipinski definition) is 7. The Morgan fingerprint density at radius 3 is 2.52 bits per heavy atom. The van der Waals surface area contributed by atoms with E-state index in [0.29, 0.717) is 27.9 Å². The highest BCUT2D eigenvalue weighted by molar-refractivity contribution is 7.98. The second-order valence-corrected chi connectivity index (χ2v) is 7.05. The highest BCUT2D eigenvalue weighted by atomic mass is 32.2. The van der Waals surface area contributed by atoms with Gasteiger partial charge in [0.15, 0.2) is 5.16 Å². The first kappa shape index (κ1) is 20.3. The molecule has 0 saturated heterocycles. The van der Waals surface area contributed by atoms with E-state index >= 15 is 0 Å². The first-order valence-corrected chi connectivity index (χ1v) is 9.82. The number of nitrogens with two attached hydrogens (primary N) is 1. The number of nitrogens with zero attached hydrogens (tertiary/aromatic N) is 3. The average molecular weight is 407 g/mol. The van der Waals surface area contributed by atoms with Gasteiger partial charge in [-0.3, -0.25) is 4.79 Å². The minimum Gasteiger partial charge on any atom is -0.496 e. The van der Waals surface area contributed by atoms with Crippen LogP contribution in [-0.2, 0) is 5.75 Å². The summed E-state index contributed by atoms with van der Waals surface area (Å²) in [6.07, 6.45) is 3.42. The number of rotatable bonds is 7. The van der Waals surface area contributed by atoms with Crippen LogP contribution in [0.25, 0.3) is 0 Å². The van der Waals surface area contributed by atoms with E-state index < -0.39 is 0 Å². The minimum absolute atomic E-state index is 0.296.